The van der Waals surface area contributed by atoms with Crippen molar-refractivity contribution in [3.63, 3.8) is 0 Å². The van der Waals surface area contributed by atoms with Gasteiger partial charge in [-0.25, -0.2) is 4.57 Å². The van der Waals surface area contributed by atoms with Gasteiger partial charge in [0.2, 0.25) is 0 Å². The first-order valence-corrected chi connectivity index (χ1v) is 24.4. The minimum Gasteiger partial charge on any atom is -0.462 e. The van der Waals surface area contributed by atoms with Crippen molar-refractivity contribution in [1.82, 2.24) is 0 Å². The van der Waals surface area contributed by atoms with E-state index in [-0.39, 0.29) is 12.8 Å². The van der Waals surface area contributed by atoms with Gasteiger partial charge in [0.05, 0.1) is 6.61 Å². The number of carbonyl (C=O) groups is 2. The van der Waals surface area contributed by atoms with Crippen LogP contribution in [0, 0.1) is 0 Å². The van der Waals surface area contributed by atoms with Crippen molar-refractivity contribution in [2.24, 2.45) is 0 Å². The van der Waals surface area contributed by atoms with Crippen LogP contribution in [0.4, 0.5) is 0 Å². The monoisotopic (exact) mass is 873 g/mol. The van der Waals surface area contributed by atoms with Gasteiger partial charge in [0.1, 0.15) is 43.2 Å². The quantitative estimate of drug-likeness (QED) is 0.0149. The van der Waals surface area contributed by atoms with Crippen molar-refractivity contribution >= 4 is 19.8 Å². The molecule has 1 aliphatic rings. The molecule has 0 heterocycles. The number of rotatable bonds is 37. The highest BCUT2D eigenvalue weighted by molar-refractivity contribution is 7.47. The van der Waals surface area contributed by atoms with Crippen molar-refractivity contribution in [1.29, 1.82) is 0 Å². The second-order valence-electron chi connectivity index (χ2n) is 15.9. The molecule has 348 valence electrons. The number of phosphoric ester groups is 1. The van der Waals surface area contributed by atoms with E-state index in [0.717, 1.165) is 57.8 Å². The van der Waals surface area contributed by atoms with Gasteiger partial charge in [-0.1, -0.05) is 140 Å². The summed E-state index contributed by atoms with van der Waals surface area (Å²) in [6.45, 7) is 3.22. The van der Waals surface area contributed by atoms with Gasteiger partial charge in [-0.15, -0.1) is 0 Å². The summed E-state index contributed by atoms with van der Waals surface area (Å²) in [4.78, 5) is 35.6. The molecule has 60 heavy (non-hydrogen) atoms. The second-order valence-corrected chi connectivity index (χ2v) is 17.3. The third-order valence-corrected chi connectivity index (χ3v) is 11.4. The molecule has 0 aromatic rings. The highest BCUT2D eigenvalue weighted by Crippen LogP contribution is 2.47. The van der Waals surface area contributed by atoms with Gasteiger partial charge in [-0.3, -0.25) is 18.6 Å². The fourth-order valence-electron chi connectivity index (χ4n) is 6.65. The van der Waals surface area contributed by atoms with Crippen LogP contribution in [0.5, 0.6) is 0 Å². The van der Waals surface area contributed by atoms with Crippen LogP contribution in [-0.2, 0) is 32.7 Å². The average Bonchev–Trinajstić information content (AvgIpc) is 3.23. The normalized spacial score (nSPS) is 22.6. The van der Waals surface area contributed by atoms with E-state index in [1.165, 1.54) is 70.6 Å². The Kier molecular flexibility index (Phi) is 33.8. The molecule has 0 spiro atoms. The van der Waals surface area contributed by atoms with Gasteiger partial charge in [-0.2, -0.15) is 0 Å². The predicted molar refractivity (Wildman–Crippen MR) is 235 cm³/mol. The van der Waals surface area contributed by atoms with Crippen LogP contribution in [0.15, 0.2) is 48.6 Å². The Balaban J connectivity index is 2.51. The number of aliphatic hydroxyl groups excluding tert-OH is 5. The fraction of sp³-hybridized carbons (Fsp3) is 0.783. The molecule has 0 aromatic carbocycles. The molecule has 13 nitrogen and oxygen atoms in total. The summed E-state index contributed by atoms with van der Waals surface area (Å²) in [5, 5.41) is 50.1. The molecule has 1 rings (SSSR count). The van der Waals surface area contributed by atoms with E-state index in [0.29, 0.717) is 19.3 Å². The molecule has 6 unspecified atom stereocenters. The van der Waals surface area contributed by atoms with Gasteiger partial charge >= 0.3 is 19.8 Å². The highest BCUT2D eigenvalue weighted by atomic mass is 31.2. The first-order valence-electron chi connectivity index (χ1n) is 22.9. The van der Waals surface area contributed by atoms with Gasteiger partial charge in [-0.05, 0) is 70.6 Å². The average molecular weight is 873 g/mol. The molecule has 0 saturated heterocycles. The summed E-state index contributed by atoms with van der Waals surface area (Å²) >= 11 is 0. The van der Waals surface area contributed by atoms with Crippen LogP contribution in [0.3, 0.4) is 0 Å². The second kappa shape index (κ2) is 36.3. The zero-order valence-electron chi connectivity index (χ0n) is 36.7. The molecule has 0 radical (unpaired) electrons. The summed E-state index contributed by atoms with van der Waals surface area (Å²) in [6, 6.07) is 0. The van der Waals surface area contributed by atoms with Crippen LogP contribution in [0.1, 0.15) is 174 Å². The van der Waals surface area contributed by atoms with Gasteiger partial charge < -0.3 is 39.9 Å². The first-order chi connectivity index (χ1) is 28.9. The number of esters is 2. The largest absolute Gasteiger partial charge is 0.472 e. The lowest BCUT2D eigenvalue weighted by Gasteiger charge is -2.41. The summed E-state index contributed by atoms with van der Waals surface area (Å²) in [5.41, 5.74) is 0. The Labute approximate surface area is 360 Å². The third kappa shape index (κ3) is 28.4. The Bertz CT molecular complexity index is 1240. The van der Waals surface area contributed by atoms with Crippen LogP contribution >= 0.6 is 7.82 Å². The van der Waals surface area contributed by atoms with Crippen LogP contribution in [0.2, 0.25) is 0 Å². The maximum absolute atomic E-state index is 12.8. The lowest BCUT2D eigenvalue weighted by molar-refractivity contribution is -0.220. The number of allylic oxidation sites excluding steroid dienone is 8. The molecule has 8 atom stereocenters. The summed E-state index contributed by atoms with van der Waals surface area (Å²) in [5.74, 6) is -1.17. The lowest BCUT2D eigenvalue weighted by Crippen LogP contribution is -2.64. The first kappa shape index (κ1) is 55.8. The van der Waals surface area contributed by atoms with Gasteiger partial charge in [0.25, 0.3) is 0 Å². The number of aliphatic hydroxyl groups is 5. The van der Waals surface area contributed by atoms with Crippen molar-refractivity contribution in [2.45, 2.75) is 217 Å². The molecule has 1 aliphatic carbocycles. The van der Waals surface area contributed by atoms with Crippen LogP contribution in [0.25, 0.3) is 0 Å². The number of phosphoric acid groups is 1. The summed E-state index contributed by atoms with van der Waals surface area (Å²) in [6.07, 6.45) is 28.9. The molecule has 1 saturated carbocycles. The Hall–Kier alpha value is -2.19. The van der Waals surface area contributed by atoms with Crippen molar-refractivity contribution in [3.8, 4) is 0 Å². The molecular formula is C46H81O13P. The maximum atomic E-state index is 12.8. The number of carbonyl (C=O) groups excluding carboxylic acids is 2. The number of hydrogen-bond acceptors (Lipinski definition) is 12. The fourth-order valence-corrected chi connectivity index (χ4v) is 7.62. The smallest absolute Gasteiger partial charge is 0.462 e. The highest BCUT2D eigenvalue weighted by Gasteiger charge is 2.51. The van der Waals surface area contributed by atoms with E-state index >= 15 is 0 Å². The molecule has 0 bridgehead atoms. The van der Waals surface area contributed by atoms with Gasteiger partial charge in [0.15, 0.2) is 6.10 Å². The number of unbranched alkanes of at least 4 members (excludes halogenated alkanes) is 17. The van der Waals surface area contributed by atoms with Crippen LogP contribution in [-0.4, -0.2) is 98.3 Å². The Morgan fingerprint density at radius 3 is 1.43 bits per heavy atom. The zero-order chi connectivity index (χ0) is 44.3. The minimum absolute atomic E-state index is 0.0751. The lowest BCUT2D eigenvalue weighted by atomic mass is 9.85. The maximum Gasteiger partial charge on any atom is 0.472 e. The summed E-state index contributed by atoms with van der Waals surface area (Å²) in [7, 11) is -5.13. The van der Waals surface area contributed by atoms with E-state index in [1.807, 2.05) is 12.2 Å². The Morgan fingerprint density at radius 2 is 0.917 bits per heavy atom. The SMILES string of the molecule is CCCCCCC/C=C/CCCCCCCC(=O)O[C@@H](COC(=O)CCC/C=C/C/C=C/C/C=C/CCCCCCCC)COP(=O)(O)OC1C(O)C(O)C(O)[C@H](O)C1O. The van der Waals surface area contributed by atoms with E-state index < -0.39 is 75.7 Å². The molecule has 14 heteroatoms. The van der Waals surface area contributed by atoms with Crippen LogP contribution < -0.4 is 0 Å². The molecular weight excluding hydrogens is 791 g/mol. The topological polar surface area (TPSA) is 210 Å². The molecule has 1 fully saturated rings. The van der Waals surface area contributed by atoms with E-state index in [4.69, 9.17) is 18.5 Å². The van der Waals surface area contributed by atoms with E-state index in [9.17, 15) is 44.6 Å². The Morgan fingerprint density at radius 1 is 0.517 bits per heavy atom. The zero-order valence-corrected chi connectivity index (χ0v) is 37.6. The number of ether oxygens (including phenoxy) is 2. The van der Waals surface area contributed by atoms with E-state index in [2.05, 4.69) is 50.3 Å². The van der Waals surface area contributed by atoms with E-state index in [1.54, 1.807) is 0 Å². The third-order valence-electron chi connectivity index (χ3n) is 10.4. The van der Waals surface area contributed by atoms with Crippen molar-refractivity contribution < 1.29 is 63.1 Å². The summed E-state index contributed by atoms with van der Waals surface area (Å²) < 4.78 is 33.4. The molecule has 0 aliphatic heterocycles. The predicted octanol–water partition coefficient (Wildman–Crippen LogP) is 8.78. The standard InChI is InChI=1S/C46H81O13P/c1-3-5-7-9-11-13-15-17-19-20-21-23-24-26-28-30-32-34-39(47)56-36-38(37-57-60(54,55)59-46-44(52)42(50)41(49)43(51)45(46)53)58-40(48)35-33-31-29-27-25-22-18-16-14-12-10-8-6-4-2/h16-19,21,23,26,28,38,41-46,49-53H,3-15,20,22,24-25,27,29-37H2,1-2H3,(H,54,55)/b18-16+,19-17+,23-21+,28-26+/t38-,41?,42-,43?,44?,45?,46?/m0/s1. The van der Waals surface area contributed by atoms with Crippen molar-refractivity contribution in [2.75, 3.05) is 13.2 Å². The minimum atomic E-state index is -5.13. The molecule has 0 aromatic heterocycles. The molecule has 0 amide bonds. The van der Waals surface area contributed by atoms with Crippen molar-refractivity contribution in [3.05, 3.63) is 48.6 Å². The molecule has 6 N–H and O–H groups in total. The van der Waals surface area contributed by atoms with Gasteiger partial charge in [0, 0.05) is 12.8 Å². The number of hydrogen-bond donors (Lipinski definition) is 6.